The highest BCUT2D eigenvalue weighted by Crippen LogP contribution is 2.31. The maximum atomic E-state index is 13.9. The monoisotopic (exact) mass is 377 g/mol. The number of benzene rings is 2. The zero-order valence-corrected chi connectivity index (χ0v) is 16.3. The Hall–Kier alpha value is -2.95. The summed E-state index contributed by atoms with van der Waals surface area (Å²) in [6.07, 6.45) is 4.93. The van der Waals surface area contributed by atoms with E-state index in [-0.39, 0.29) is 11.7 Å². The van der Waals surface area contributed by atoms with Crippen molar-refractivity contribution >= 4 is 28.2 Å². The number of fused-ring (bicyclic) bond motifs is 1. The zero-order valence-electron chi connectivity index (χ0n) is 16.3. The quantitative estimate of drug-likeness (QED) is 0.668. The number of amides is 1. The number of halogens is 1. The summed E-state index contributed by atoms with van der Waals surface area (Å²) in [5.41, 5.74) is 2.87. The number of nitrogens with one attached hydrogen (secondary N) is 1. The van der Waals surface area contributed by atoms with Gasteiger partial charge in [-0.2, -0.15) is 0 Å². The molecule has 4 nitrogen and oxygen atoms in total. The molecule has 1 N–H and O–H groups in total. The highest BCUT2D eigenvalue weighted by Gasteiger charge is 2.22. The first-order valence-electron chi connectivity index (χ1n) is 9.76. The molecule has 0 aliphatic carbocycles. The number of carbonyl (C=O) groups is 1. The van der Waals surface area contributed by atoms with Gasteiger partial charge in [-0.15, -0.1) is 0 Å². The van der Waals surface area contributed by atoms with Crippen LogP contribution in [0.2, 0.25) is 0 Å². The lowest BCUT2D eigenvalue weighted by Gasteiger charge is -2.27. The summed E-state index contributed by atoms with van der Waals surface area (Å²) in [5, 5.41) is 5.03. The van der Waals surface area contributed by atoms with Gasteiger partial charge < -0.3 is 10.2 Å². The van der Waals surface area contributed by atoms with Crippen LogP contribution in [-0.2, 0) is 0 Å². The number of anilines is 2. The second-order valence-corrected chi connectivity index (χ2v) is 7.41. The summed E-state index contributed by atoms with van der Waals surface area (Å²) in [4.78, 5) is 19.6. The van der Waals surface area contributed by atoms with Crippen LogP contribution >= 0.6 is 0 Å². The fourth-order valence-corrected chi connectivity index (χ4v) is 3.89. The van der Waals surface area contributed by atoms with Crippen LogP contribution in [0.4, 0.5) is 15.9 Å². The molecule has 0 spiro atoms. The van der Waals surface area contributed by atoms with Crippen LogP contribution in [0.5, 0.6) is 0 Å². The van der Waals surface area contributed by atoms with Crippen molar-refractivity contribution in [1.29, 1.82) is 0 Å². The highest BCUT2D eigenvalue weighted by molar-refractivity contribution is 6.10. The Kier molecular flexibility index (Phi) is 4.99. The molecule has 0 radical (unpaired) electrons. The van der Waals surface area contributed by atoms with E-state index >= 15 is 0 Å². The first kappa shape index (κ1) is 18.4. The number of rotatable bonds is 3. The second kappa shape index (κ2) is 7.58. The predicted molar refractivity (Wildman–Crippen MR) is 111 cm³/mol. The van der Waals surface area contributed by atoms with Crippen molar-refractivity contribution in [1.82, 2.24) is 9.88 Å². The van der Waals surface area contributed by atoms with Crippen molar-refractivity contribution < 1.29 is 9.18 Å². The number of aryl methyl sites for hydroxylation is 1. The number of hydrogen-bond acceptors (Lipinski definition) is 3. The third-order valence-corrected chi connectivity index (χ3v) is 5.51. The summed E-state index contributed by atoms with van der Waals surface area (Å²) in [6, 6.07) is 10.9. The molecule has 2 aromatic carbocycles. The van der Waals surface area contributed by atoms with E-state index in [0.717, 1.165) is 42.3 Å². The number of carbonyl (C=O) groups excluding carboxylic acids is 1. The maximum Gasteiger partial charge on any atom is 0.256 e. The lowest BCUT2D eigenvalue weighted by atomic mass is 10.00. The fraction of sp³-hybridized carbons (Fsp3) is 0.304. The Morgan fingerprint density at radius 1 is 1.07 bits per heavy atom. The molecule has 2 heterocycles. The Morgan fingerprint density at radius 3 is 2.61 bits per heavy atom. The van der Waals surface area contributed by atoms with Gasteiger partial charge in [0.2, 0.25) is 0 Å². The van der Waals surface area contributed by atoms with Gasteiger partial charge in [0.1, 0.15) is 11.6 Å². The van der Waals surface area contributed by atoms with Crippen molar-refractivity contribution in [2.24, 2.45) is 0 Å². The fourth-order valence-electron chi connectivity index (χ4n) is 3.89. The topological polar surface area (TPSA) is 45.2 Å². The lowest BCUT2D eigenvalue weighted by molar-refractivity contribution is 0.0726. The summed E-state index contributed by atoms with van der Waals surface area (Å²) >= 11 is 0. The van der Waals surface area contributed by atoms with E-state index in [1.54, 1.807) is 19.2 Å². The van der Waals surface area contributed by atoms with E-state index in [9.17, 15) is 9.18 Å². The molecule has 3 aromatic rings. The first-order valence-corrected chi connectivity index (χ1v) is 9.76. The van der Waals surface area contributed by atoms with E-state index < -0.39 is 0 Å². The summed E-state index contributed by atoms with van der Waals surface area (Å²) < 4.78 is 13.9. The third-order valence-electron chi connectivity index (χ3n) is 5.51. The molecule has 1 saturated heterocycles. The van der Waals surface area contributed by atoms with Crippen LogP contribution in [0.25, 0.3) is 10.8 Å². The van der Waals surface area contributed by atoms with Crippen LogP contribution in [0, 0.1) is 19.7 Å². The van der Waals surface area contributed by atoms with Crippen LogP contribution in [0.3, 0.4) is 0 Å². The number of likely N-dealkylation sites (tertiary alicyclic amines) is 1. The number of aromatic nitrogens is 1. The Morgan fingerprint density at radius 2 is 1.82 bits per heavy atom. The summed E-state index contributed by atoms with van der Waals surface area (Å²) in [6.45, 7) is 5.34. The van der Waals surface area contributed by atoms with Gasteiger partial charge in [-0.1, -0.05) is 24.3 Å². The van der Waals surface area contributed by atoms with Crippen LogP contribution in [0.15, 0.2) is 42.6 Å². The van der Waals surface area contributed by atoms with E-state index in [1.165, 1.54) is 12.5 Å². The molecule has 4 rings (SSSR count). The maximum absolute atomic E-state index is 13.9. The molecular weight excluding hydrogens is 353 g/mol. The Bertz CT molecular complexity index is 1040. The Labute approximate surface area is 164 Å². The minimum atomic E-state index is -0.262. The summed E-state index contributed by atoms with van der Waals surface area (Å²) in [5.74, 6) is 0.407. The minimum Gasteiger partial charge on any atom is -0.339 e. The van der Waals surface area contributed by atoms with Gasteiger partial charge in [-0.05, 0) is 50.8 Å². The smallest absolute Gasteiger partial charge is 0.256 e. The van der Waals surface area contributed by atoms with E-state index in [0.29, 0.717) is 22.6 Å². The zero-order chi connectivity index (χ0) is 19.7. The van der Waals surface area contributed by atoms with Crippen LogP contribution in [0.1, 0.15) is 40.7 Å². The van der Waals surface area contributed by atoms with Gasteiger partial charge in [0.05, 0.1) is 5.56 Å². The number of piperidine rings is 1. The average Bonchev–Trinajstić information content (AvgIpc) is 2.72. The molecular formula is C23H24FN3O. The molecule has 28 heavy (non-hydrogen) atoms. The van der Waals surface area contributed by atoms with E-state index in [2.05, 4.69) is 10.3 Å². The molecule has 0 unspecified atom stereocenters. The minimum absolute atomic E-state index is 0.0417. The molecule has 1 aliphatic heterocycles. The molecule has 0 bridgehead atoms. The van der Waals surface area contributed by atoms with E-state index in [4.69, 9.17) is 0 Å². The van der Waals surface area contributed by atoms with Gasteiger partial charge in [-0.3, -0.25) is 4.79 Å². The average molecular weight is 377 g/mol. The molecule has 1 aromatic heterocycles. The van der Waals surface area contributed by atoms with Crippen LogP contribution in [-0.4, -0.2) is 28.9 Å². The molecule has 1 fully saturated rings. The van der Waals surface area contributed by atoms with Gasteiger partial charge in [0.25, 0.3) is 5.91 Å². The SMILES string of the molecule is Cc1c(F)cccc1Nc1ncc(C(=O)N2CCCCC2)c2c(C)cccc12. The highest BCUT2D eigenvalue weighted by atomic mass is 19.1. The predicted octanol–water partition coefficient (Wildman–Crippen LogP) is 5.36. The summed E-state index contributed by atoms with van der Waals surface area (Å²) in [7, 11) is 0. The molecule has 0 saturated carbocycles. The largest absolute Gasteiger partial charge is 0.339 e. The van der Waals surface area contributed by atoms with Crippen molar-refractivity contribution in [3.05, 3.63) is 65.1 Å². The molecule has 5 heteroatoms. The molecule has 1 amide bonds. The van der Waals surface area contributed by atoms with Gasteiger partial charge >= 0.3 is 0 Å². The molecule has 0 atom stereocenters. The van der Waals surface area contributed by atoms with Gasteiger partial charge in [-0.25, -0.2) is 9.37 Å². The van der Waals surface area contributed by atoms with Gasteiger partial charge in [0.15, 0.2) is 0 Å². The van der Waals surface area contributed by atoms with Crippen molar-refractivity contribution in [3.8, 4) is 0 Å². The first-order chi connectivity index (χ1) is 13.6. The number of pyridine rings is 1. The molecule has 1 aliphatic rings. The van der Waals surface area contributed by atoms with E-state index in [1.807, 2.05) is 36.1 Å². The van der Waals surface area contributed by atoms with Crippen molar-refractivity contribution in [2.75, 3.05) is 18.4 Å². The lowest BCUT2D eigenvalue weighted by Crippen LogP contribution is -2.35. The normalized spacial score (nSPS) is 14.3. The third kappa shape index (κ3) is 3.33. The molecule has 144 valence electrons. The number of nitrogens with zero attached hydrogens (tertiary/aromatic N) is 2. The second-order valence-electron chi connectivity index (χ2n) is 7.41. The Balaban J connectivity index is 1.79. The van der Waals surface area contributed by atoms with Gasteiger partial charge in [0, 0.05) is 41.3 Å². The standard InChI is InChI=1S/C23H24FN3O/c1-15-8-6-9-17-21(15)18(23(28)27-12-4-3-5-13-27)14-25-22(17)26-20-11-7-10-19(24)16(20)2/h6-11,14H,3-5,12-13H2,1-2H3,(H,25,26). The number of hydrogen-bond donors (Lipinski definition) is 1. The van der Waals surface area contributed by atoms with Crippen molar-refractivity contribution in [3.63, 3.8) is 0 Å². The van der Waals surface area contributed by atoms with Crippen molar-refractivity contribution in [2.45, 2.75) is 33.1 Å². The van der Waals surface area contributed by atoms with Crippen LogP contribution < -0.4 is 5.32 Å².